The fourth-order valence-electron chi connectivity index (χ4n) is 3.66. The number of halogens is 1. The van der Waals surface area contributed by atoms with Crippen molar-refractivity contribution in [2.45, 2.75) is 25.9 Å². The molecule has 0 aliphatic carbocycles. The Bertz CT molecular complexity index is 1150. The van der Waals surface area contributed by atoms with Gasteiger partial charge in [-0.1, -0.05) is 59.1 Å². The average Bonchev–Trinajstić information content (AvgIpc) is 3.05. The Labute approximate surface area is 186 Å². The molecule has 1 saturated heterocycles. The van der Waals surface area contributed by atoms with Crippen LogP contribution in [0.5, 0.6) is 0 Å². The molecule has 1 fully saturated rings. The Kier molecular flexibility index (Phi) is 5.87. The van der Waals surface area contributed by atoms with Gasteiger partial charge < -0.3 is 5.32 Å². The first kappa shape index (κ1) is 20.8. The molecule has 0 spiro atoms. The van der Waals surface area contributed by atoms with Crippen molar-refractivity contribution in [1.82, 2.24) is 10.7 Å². The van der Waals surface area contributed by atoms with Gasteiger partial charge in [0.2, 0.25) is 12.3 Å². The lowest BCUT2D eigenvalue weighted by atomic mass is 9.98. The molecule has 0 unspecified atom stereocenters. The van der Waals surface area contributed by atoms with E-state index in [0.29, 0.717) is 10.6 Å². The number of hydrazone groups is 1. The summed E-state index contributed by atoms with van der Waals surface area (Å²) in [6.07, 6.45) is 1.84. The Balaban J connectivity index is 1.70. The molecule has 0 saturated carbocycles. The van der Waals surface area contributed by atoms with Gasteiger partial charge in [0.25, 0.3) is 5.91 Å². The summed E-state index contributed by atoms with van der Waals surface area (Å²) < 4.78 is 1.75. The third kappa shape index (κ3) is 4.67. The summed E-state index contributed by atoms with van der Waals surface area (Å²) in [5.41, 5.74) is 7.32. The van der Waals surface area contributed by atoms with E-state index in [4.69, 9.17) is 11.6 Å². The zero-order valence-corrected chi connectivity index (χ0v) is 18.1. The molecule has 6 heteroatoms. The molecule has 2 amide bonds. The lowest BCUT2D eigenvalue weighted by Gasteiger charge is -2.15. The fraction of sp³-hybridized carbons (Fsp3) is 0.160. The molecule has 1 heterocycles. The smallest absolute Gasteiger partial charge is 0.304 e. The molecule has 2 N–H and O–H groups in total. The third-order valence-electron chi connectivity index (χ3n) is 5.28. The second-order valence-corrected chi connectivity index (χ2v) is 8.18. The van der Waals surface area contributed by atoms with Gasteiger partial charge in [0.1, 0.15) is 0 Å². The normalized spacial score (nSPS) is 19.3. The topological polar surface area (TPSA) is 61.2 Å². The quantitative estimate of drug-likeness (QED) is 0.613. The van der Waals surface area contributed by atoms with Crippen molar-refractivity contribution >= 4 is 29.6 Å². The Morgan fingerprint density at radius 2 is 1.71 bits per heavy atom. The number of aryl methyl sites for hydroxylation is 2. The first-order chi connectivity index (χ1) is 14.9. The van der Waals surface area contributed by atoms with Gasteiger partial charge in [-0.15, -0.1) is 10.1 Å². The minimum Gasteiger partial charge on any atom is -0.334 e. The monoisotopic (exact) mass is 432 g/mol. The zero-order chi connectivity index (χ0) is 22.0. The van der Waals surface area contributed by atoms with Crippen LogP contribution in [0.4, 0.5) is 0 Å². The average molecular weight is 433 g/mol. The van der Waals surface area contributed by atoms with Crippen LogP contribution in [0, 0.1) is 13.8 Å². The number of nitrogens with zero attached hydrogens (tertiary/aromatic N) is 1. The van der Waals surface area contributed by atoms with E-state index >= 15 is 0 Å². The van der Waals surface area contributed by atoms with Crippen LogP contribution in [0.2, 0.25) is 5.02 Å². The van der Waals surface area contributed by atoms with Gasteiger partial charge in [-0.05, 0) is 50.2 Å². The Morgan fingerprint density at radius 1 is 1.00 bits per heavy atom. The van der Waals surface area contributed by atoms with Crippen molar-refractivity contribution in [2.24, 2.45) is 0 Å². The number of hydrazine groups is 1. The van der Waals surface area contributed by atoms with Gasteiger partial charge in [0.15, 0.2) is 6.04 Å². The molecule has 5 nitrogen and oxygen atoms in total. The maximum absolute atomic E-state index is 12.9. The molecule has 0 radical (unpaired) electrons. The number of benzene rings is 3. The lowest BCUT2D eigenvalue weighted by molar-refractivity contribution is -0.596. The van der Waals surface area contributed by atoms with E-state index < -0.39 is 12.1 Å². The van der Waals surface area contributed by atoms with Crippen molar-refractivity contribution in [3.05, 3.63) is 106 Å². The summed E-state index contributed by atoms with van der Waals surface area (Å²) in [6.45, 7) is 3.94. The number of hydrogen-bond donors (Lipinski definition) is 2. The number of amides is 2. The molecule has 4 rings (SSSR count). The predicted octanol–water partition coefficient (Wildman–Crippen LogP) is 3.97. The van der Waals surface area contributed by atoms with Crippen LogP contribution in [0.1, 0.15) is 38.7 Å². The first-order valence-corrected chi connectivity index (χ1v) is 10.4. The Hall–Kier alpha value is -3.44. The predicted molar refractivity (Wildman–Crippen MR) is 121 cm³/mol. The maximum atomic E-state index is 12.9. The van der Waals surface area contributed by atoms with E-state index in [0.717, 1.165) is 22.3 Å². The lowest BCUT2D eigenvalue weighted by Crippen LogP contribution is -2.42. The highest BCUT2D eigenvalue weighted by atomic mass is 35.5. The largest absolute Gasteiger partial charge is 0.334 e. The van der Waals surface area contributed by atoms with Crippen LogP contribution in [-0.4, -0.2) is 28.8 Å². The zero-order valence-electron chi connectivity index (χ0n) is 17.3. The molecule has 31 heavy (non-hydrogen) atoms. The Morgan fingerprint density at radius 3 is 2.39 bits per heavy atom. The molecule has 3 aromatic rings. The van der Waals surface area contributed by atoms with Crippen LogP contribution in [-0.2, 0) is 4.79 Å². The molecule has 3 aromatic carbocycles. The number of carbonyl (C=O) groups excluding carboxylic acids is 2. The molecule has 0 bridgehead atoms. The number of rotatable bonds is 4. The number of nitrogens with one attached hydrogen (secondary N) is 2. The minimum absolute atomic E-state index is 0.267. The summed E-state index contributed by atoms with van der Waals surface area (Å²) in [5, 5.41) is 3.57. The van der Waals surface area contributed by atoms with Gasteiger partial charge in [0.05, 0.1) is 0 Å². The number of hydrogen-bond acceptors (Lipinski definition) is 2. The van der Waals surface area contributed by atoms with E-state index in [2.05, 4.69) is 10.7 Å². The third-order valence-corrected chi connectivity index (χ3v) is 5.53. The van der Waals surface area contributed by atoms with E-state index in [1.165, 1.54) is 0 Å². The summed E-state index contributed by atoms with van der Waals surface area (Å²) in [5.74, 6) is -0.550. The summed E-state index contributed by atoms with van der Waals surface area (Å²) in [7, 11) is 0. The minimum atomic E-state index is -0.751. The first-order valence-electron chi connectivity index (χ1n) is 10.0. The van der Waals surface area contributed by atoms with Gasteiger partial charge in [-0.25, -0.2) is 0 Å². The van der Waals surface area contributed by atoms with E-state index in [1.54, 1.807) is 28.9 Å². The molecule has 1 aliphatic heterocycles. The highest BCUT2D eigenvalue weighted by molar-refractivity contribution is 6.30. The van der Waals surface area contributed by atoms with Crippen molar-refractivity contribution in [3.8, 4) is 0 Å². The SMILES string of the molecule is Cc1ccc([C@@H]2[C@@H](NC(=O)c3cccc(C)c3)C(=O)N/[N+]2=C\c2ccc(Cl)cc2)cc1. The van der Waals surface area contributed by atoms with Crippen LogP contribution in [0.15, 0.2) is 72.8 Å². The van der Waals surface area contributed by atoms with E-state index in [-0.39, 0.29) is 11.8 Å². The molecule has 0 aromatic heterocycles. The van der Waals surface area contributed by atoms with Gasteiger partial charge in [0, 0.05) is 21.7 Å². The summed E-state index contributed by atoms with van der Waals surface area (Å²) >= 11 is 6.00. The van der Waals surface area contributed by atoms with E-state index in [1.807, 2.05) is 68.6 Å². The van der Waals surface area contributed by atoms with Crippen molar-refractivity contribution in [3.63, 3.8) is 0 Å². The highest BCUT2D eigenvalue weighted by Gasteiger charge is 2.47. The van der Waals surface area contributed by atoms with Gasteiger partial charge in [-0.3, -0.25) is 9.59 Å². The van der Waals surface area contributed by atoms with Crippen molar-refractivity contribution in [1.29, 1.82) is 0 Å². The van der Waals surface area contributed by atoms with Gasteiger partial charge >= 0.3 is 5.91 Å². The summed E-state index contributed by atoms with van der Waals surface area (Å²) in [6, 6.07) is 21.4. The summed E-state index contributed by atoms with van der Waals surface area (Å²) in [4.78, 5) is 25.8. The molecule has 156 valence electrons. The number of carbonyl (C=O) groups is 2. The fourth-order valence-corrected chi connectivity index (χ4v) is 3.79. The van der Waals surface area contributed by atoms with Gasteiger partial charge in [-0.2, -0.15) is 0 Å². The van der Waals surface area contributed by atoms with Crippen molar-refractivity contribution < 1.29 is 14.3 Å². The van der Waals surface area contributed by atoms with Crippen LogP contribution in [0.25, 0.3) is 0 Å². The van der Waals surface area contributed by atoms with E-state index in [9.17, 15) is 9.59 Å². The second-order valence-electron chi connectivity index (χ2n) is 7.74. The van der Waals surface area contributed by atoms with Crippen molar-refractivity contribution in [2.75, 3.05) is 0 Å². The molecular formula is C25H23ClN3O2+. The molecule has 2 atom stereocenters. The standard InChI is InChI=1S/C25H22ClN3O2/c1-16-6-10-19(11-7-16)23-22(27-24(30)20-5-3-4-17(2)14-20)25(31)28-29(23)15-18-8-12-21(26)13-9-18/h3-15,22-23H,1-2H3,(H-,27,28,30,31)/p+1/b29-15-/t22-,23-/m1/s1. The van der Waals surface area contributed by atoms with Crippen LogP contribution in [0.3, 0.4) is 0 Å². The molecular weight excluding hydrogens is 410 g/mol. The maximum Gasteiger partial charge on any atom is 0.304 e. The second kappa shape index (κ2) is 8.74. The molecule has 1 aliphatic rings. The van der Waals surface area contributed by atoms with Crippen LogP contribution >= 0.6 is 11.6 Å². The highest BCUT2D eigenvalue weighted by Crippen LogP contribution is 2.26. The van der Waals surface area contributed by atoms with Crippen LogP contribution < -0.4 is 10.7 Å².